The molecule has 0 radical (unpaired) electrons. The Morgan fingerprint density at radius 1 is 1.15 bits per heavy atom. The molecule has 1 aliphatic rings. The van der Waals surface area contributed by atoms with Crippen LogP contribution in [0.1, 0.15) is 27.2 Å². The average molecular weight is 385 g/mol. The van der Waals surface area contributed by atoms with E-state index >= 15 is 0 Å². The lowest BCUT2D eigenvalue weighted by Gasteiger charge is -2.15. The van der Waals surface area contributed by atoms with Crippen LogP contribution >= 0.6 is 23.2 Å². The lowest BCUT2D eigenvalue weighted by molar-refractivity contribution is 0.0949. The van der Waals surface area contributed by atoms with Crippen LogP contribution in [0.3, 0.4) is 0 Å². The van der Waals surface area contributed by atoms with Gasteiger partial charge in [-0.1, -0.05) is 59.6 Å². The first-order chi connectivity index (χ1) is 12.6. The molecule has 0 atom stereocenters. The minimum atomic E-state index is -0.340. The van der Waals surface area contributed by atoms with Crippen molar-refractivity contribution < 1.29 is 4.79 Å². The van der Waals surface area contributed by atoms with E-state index in [1.807, 2.05) is 18.2 Å². The maximum absolute atomic E-state index is 12.5. The second kappa shape index (κ2) is 6.94. The molecule has 1 heterocycles. The molecule has 5 nitrogen and oxygen atoms in total. The second-order valence-electron chi connectivity index (χ2n) is 5.93. The van der Waals surface area contributed by atoms with Crippen LogP contribution in [-0.2, 0) is 12.8 Å². The molecule has 1 aromatic heterocycles. The Hall–Kier alpha value is -2.63. The second-order valence-corrected chi connectivity index (χ2v) is 6.71. The van der Waals surface area contributed by atoms with Gasteiger partial charge in [0.05, 0.1) is 22.0 Å². The topological polar surface area (TPSA) is 70.1 Å². The highest BCUT2D eigenvalue weighted by atomic mass is 35.5. The molecular formula is C19H14Cl2N4O. The molecule has 0 aliphatic heterocycles. The molecule has 130 valence electrons. The summed E-state index contributed by atoms with van der Waals surface area (Å²) in [7, 11) is 0. The molecule has 0 fully saturated rings. The van der Waals surface area contributed by atoms with Gasteiger partial charge in [0.2, 0.25) is 0 Å². The van der Waals surface area contributed by atoms with Crippen molar-refractivity contribution in [3.8, 4) is 11.3 Å². The molecule has 0 bridgehead atoms. The Morgan fingerprint density at radius 2 is 2.00 bits per heavy atom. The molecule has 0 saturated heterocycles. The summed E-state index contributed by atoms with van der Waals surface area (Å²) in [4.78, 5) is 12.5. The van der Waals surface area contributed by atoms with E-state index in [-0.39, 0.29) is 5.91 Å². The minimum absolute atomic E-state index is 0.340. The third-order valence-corrected chi connectivity index (χ3v) is 5.20. The summed E-state index contributed by atoms with van der Waals surface area (Å²) in [6.07, 6.45) is 3.10. The quantitative estimate of drug-likeness (QED) is 0.523. The number of benzene rings is 2. The number of rotatable bonds is 3. The van der Waals surface area contributed by atoms with E-state index in [9.17, 15) is 4.79 Å². The molecule has 0 spiro atoms. The fraction of sp³-hybridized carbons (Fsp3) is 0.105. The predicted octanol–water partition coefficient (Wildman–Crippen LogP) is 4.25. The lowest BCUT2D eigenvalue weighted by atomic mass is 9.89. The van der Waals surface area contributed by atoms with E-state index in [0.29, 0.717) is 21.3 Å². The first kappa shape index (κ1) is 16.8. The minimum Gasteiger partial charge on any atom is -0.272 e. The van der Waals surface area contributed by atoms with E-state index in [4.69, 9.17) is 23.2 Å². The van der Waals surface area contributed by atoms with Crippen molar-refractivity contribution in [2.75, 3.05) is 0 Å². The Kier molecular flexibility index (Phi) is 4.49. The molecule has 26 heavy (non-hydrogen) atoms. The average Bonchev–Trinajstić information content (AvgIpc) is 3.10. The Balaban J connectivity index is 1.55. The van der Waals surface area contributed by atoms with Gasteiger partial charge in [-0.05, 0) is 24.5 Å². The number of amides is 1. The highest BCUT2D eigenvalue weighted by Gasteiger charge is 2.24. The first-order valence-electron chi connectivity index (χ1n) is 8.08. The van der Waals surface area contributed by atoms with E-state index < -0.39 is 0 Å². The number of nitrogens with zero attached hydrogens (tertiary/aromatic N) is 2. The van der Waals surface area contributed by atoms with Crippen molar-refractivity contribution in [1.82, 2.24) is 15.6 Å². The van der Waals surface area contributed by atoms with Gasteiger partial charge >= 0.3 is 0 Å². The van der Waals surface area contributed by atoms with Crippen LogP contribution in [0.4, 0.5) is 0 Å². The number of carbonyl (C=O) groups excluding carboxylic acids is 1. The summed E-state index contributed by atoms with van der Waals surface area (Å²) in [5.74, 6) is -0.340. The normalized spacial score (nSPS) is 12.7. The zero-order valence-corrected chi connectivity index (χ0v) is 15.1. The summed E-state index contributed by atoms with van der Waals surface area (Å²) in [6, 6.07) is 13.3. The lowest BCUT2D eigenvalue weighted by Crippen LogP contribution is -2.20. The van der Waals surface area contributed by atoms with Crippen LogP contribution in [0.15, 0.2) is 47.6 Å². The summed E-state index contributed by atoms with van der Waals surface area (Å²) in [5, 5.41) is 12.0. The third kappa shape index (κ3) is 3.00. The monoisotopic (exact) mass is 384 g/mol. The first-order valence-corrected chi connectivity index (χ1v) is 8.83. The molecule has 0 unspecified atom stereocenters. The van der Waals surface area contributed by atoms with Crippen LogP contribution in [0, 0.1) is 0 Å². The number of fused-ring (bicyclic) bond motifs is 3. The number of H-pyrrole nitrogens is 1. The van der Waals surface area contributed by atoms with Crippen LogP contribution in [0.2, 0.25) is 10.0 Å². The number of carbonyl (C=O) groups is 1. The maximum atomic E-state index is 12.5. The van der Waals surface area contributed by atoms with Gasteiger partial charge in [0.25, 0.3) is 5.91 Å². The number of aromatic amines is 1. The van der Waals surface area contributed by atoms with Crippen LogP contribution in [-0.4, -0.2) is 22.3 Å². The summed E-state index contributed by atoms with van der Waals surface area (Å²) >= 11 is 12.1. The van der Waals surface area contributed by atoms with Crippen molar-refractivity contribution in [2.45, 2.75) is 12.8 Å². The summed E-state index contributed by atoms with van der Waals surface area (Å²) in [5.41, 5.74) is 7.63. The van der Waals surface area contributed by atoms with Gasteiger partial charge in [-0.2, -0.15) is 10.2 Å². The summed E-state index contributed by atoms with van der Waals surface area (Å²) < 4.78 is 0. The summed E-state index contributed by atoms with van der Waals surface area (Å²) in [6.45, 7) is 0. The fourth-order valence-corrected chi connectivity index (χ4v) is 3.44. The van der Waals surface area contributed by atoms with Gasteiger partial charge in [0.1, 0.15) is 5.69 Å². The molecule has 1 aliphatic carbocycles. The Labute approximate surface area is 160 Å². The van der Waals surface area contributed by atoms with Crippen LogP contribution < -0.4 is 5.43 Å². The number of aromatic nitrogens is 2. The molecule has 2 aromatic carbocycles. The van der Waals surface area contributed by atoms with Gasteiger partial charge in [-0.25, -0.2) is 5.43 Å². The van der Waals surface area contributed by atoms with Gasteiger partial charge in [0.15, 0.2) is 0 Å². The van der Waals surface area contributed by atoms with Crippen molar-refractivity contribution in [3.63, 3.8) is 0 Å². The zero-order valence-electron chi connectivity index (χ0n) is 13.6. The van der Waals surface area contributed by atoms with Gasteiger partial charge in [-0.15, -0.1) is 0 Å². The molecule has 0 saturated carbocycles. The molecule has 4 rings (SSSR count). The third-order valence-electron chi connectivity index (χ3n) is 4.36. The van der Waals surface area contributed by atoms with Gasteiger partial charge in [0, 0.05) is 16.7 Å². The zero-order chi connectivity index (χ0) is 18.1. The number of hydrogen-bond donors (Lipinski definition) is 2. The van der Waals surface area contributed by atoms with E-state index in [1.165, 1.54) is 11.8 Å². The number of nitrogens with one attached hydrogen (secondary N) is 2. The van der Waals surface area contributed by atoms with Crippen molar-refractivity contribution in [1.29, 1.82) is 0 Å². The fourth-order valence-electron chi connectivity index (χ4n) is 3.08. The standard InChI is InChI=1S/C19H14Cl2N4O/c20-15-7-3-5-12(16(15)21)10-22-25-19(26)18-14-9-8-11-4-1-2-6-13(11)17(14)23-24-18/h1-7,10H,8-9H2,(H,23,24)(H,25,26)/b22-10+. The molecular weight excluding hydrogens is 371 g/mol. The predicted molar refractivity (Wildman–Crippen MR) is 103 cm³/mol. The van der Waals surface area contributed by atoms with Crippen LogP contribution in [0.5, 0.6) is 0 Å². The van der Waals surface area contributed by atoms with E-state index in [1.54, 1.807) is 18.2 Å². The SMILES string of the molecule is O=C(N/N=C/c1cccc(Cl)c1Cl)c1[nH]nc2c1CCc1ccccc1-2. The van der Waals surface area contributed by atoms with Crippen molar-refractivity contribution >= 4 is 35.3 Å². The molecule has 1 amide bonds. The van der Waals surface area contributed by atoms with Crippen LogP contribution in [0.25, 0.3) is 11.3 Å². The van der Waals surface area contributed by atoms with Gasteiger partial charge in [-0.3, -0.25) is 9.89 Å². The number of hydrogen-bond acceptors (Lipinski definition) is 3. The van der Waals surface area contributed by atoms with E-state index in [2.05, 4.69) is 26.8 Å². The largest absolute Gasteiger partial charge is 0.289 e. The van der Waals surface area contributed by atoms with Crippen molar-refractivity contribution in [3.05, 3.63) is 74.9 Å². The Bertz CT molecular complexity index is 1030. The number of halogens is 2. The van der Waals surface area contributed by atoms with Crippen molar-refractivity contribution in [2.24, 2.45) is 5.10 Å². The molecule has 2 N–H and O–H groups in total. The maximum Gasteiger partial charge on any atom is 0.289 e. The van der Waals surface area contributed by atoms with Gasteiger partial charge < -0.3 is 0 Å². The molecule has 3 aromatic rings. The highest BCUT2D eigenvalue weighted by Crippen LogP contribution is 2.33. The number of hydrazone groups is 1. The smallest absolute Gasteiger partial charge is 0.272 e. The Morgan fingerprint density at radius 3 is 2.88 bits per heavy atom. The van der Waals surface area contributed by atoms with E-state index in [0.717, 1.165) is 29.7 Å². The molecule has 7 heteroatoms. The highest BCUT2D eigenvalue weighted by molar-refractivity contribution is 6.43. The number of aryl methyl sites for hydroxylation is 1.